The molecule has 1 aromatic carbocycles. The van der Waals surface area contributed by atoms with Crippen LogP contribution >= 0.6 is 0 Å². The summed E-state index contributed by atoms with van der Waals surface area (Å²) in [4.78, 5) is 3.90. The van der Waals surface area contributed by atoms with Crippen LogP contribution in [0.25, 0.3) is 0 Å². The number of rotatable bonds is 3. The Bertz CT molecular complexity index is 642. The van der Waals surface area contributed by atoms with Gasteiger partial charge >= 0.3 is 0 Å². The second kappa shape index (κ2) is 6.64. The molecule has 102 valence electrons. The lowest BCUT2D eigenvalue weighted by Gasteiger charge is -2.07. The number of aliphatic hydroxyl groups excluding tert-OH is 1. The summed E-state index contributed by atoms with van der Waals surface area (Å²) in [6.07, 6.45) is 2.92. The third-order valence-electron chi connectivity index (χ3n) is 2.47. The van der Waals surface area contributed by atoms with E-state index >= 15 is 0 Å². The lowest BCUT2D eigenvalue weighted by molar-refractivity contribution is 0.291. The first kappa shape index (κ1) is 14.0. The van der Waals surface area contributed by atoms with Crippen molar-refractivity contribution in [3.05, 3.63) is 59.4 Å². The fraction of sp³-hybridized carbons (Fsp3) is 0.133. The summed E-state index contributed by atoms with van der Waals surface area (Å²) in [5.74, 6) is 4.17. The molecule has 1 aromatic heterocycles. The molecule has 20 heavy (non-hydrogen) atoms. The minimum atomic E-state index is -0.658. The van der Waals surface area contributed by atoms with Crippen molar-refractivity contribution in [2.24, 2.45) is 0 Å². The van der Waals surface area contributed by atoms with Crippen LogP contribution in [0.3, 0.4) is 0 Å². The molecule has 3 nitrogen and oxygen atoms in total. The van der Waals surface area contributed by atoms with Crippen molar-refractivity contribution in [1.29, 1.82) is 0 Å². The van der Waals surface area contributed by atoms with Crippen molar-refractivity contribution in [2.45, 2.75) is 6.61 Å². The van der Waals surface area contributed by atoms with E-state index in [2.05, 4.69) is 16.8 Å². The molecule has 2 rings (SSSR count). The van der Waals surface area contributed by atoms with Gasteiger partial charge in [-0.25, -0.2) is 8.78 Å². The van der Waals surface area contributed by atoms with Crippen LogP contribution in [0.4, 0.5) is 8.78 Å². The van der Waals surface area contributed by atoms with Gasteiger partial charge in [0.2, 0.25) is 0 Å². The number of ether oxygens (including phenoxy) is 1. The van der Waals surface area contributed by atoms with Crippen molar-refractivity contribution < 1.29 is 18.6 Å². The molecule has 0 unspecified atom stereocenters. The van der Waals surface area contributed by atoms with Gasteiger partial charge in [-0.05, 0) is 18.2 Å². The van der Waals surface area contributed by atoms with Crippen LogP contribution in [0.1, 0.15) is 11.1 Å². The fourth-order valence-corrected chi connectivity index (χ4v) is 1.53. The van der Waals surface area contributed by atoms with Gasteiger partial charge in [-0.2, -0.15) is 0 Å². The van der Waals surface area contributed by atoms with Crippen molar-refractivity contribution in [1.82, 2.24) is 4.98 Å². The summed E-state index contributed by atoms with van der Waals surface area (Å²) in [5.41, 5.74) is 0.407. The Balaban J connectivity index is 2.11. The van der Waals surface area contributed by atoms with Gasteiger partial charge in [-0.3, -0.25) is 4.98 Å². The third kappa shape index (κ3) is 3.53. The maximum absolute atomic E-state index is 13.4. The molecule has 0 saturated heterocycles. The highest BCUT2D eigenvalue weighted by Gasteiger charge is 2.09. The van der Waals surface area contributed by atoms with Crippen LogP contribution < -0.4 is 4.74 Å². The predicted molar refractivity (Wildman–Crippen MR) is 68.9 cm³/mol. The maximum atomic E-state index is 13.4. The van der Waals surface area contributed by atoms with Crippen molar-refractivity contribution in [3.8, 4) is 17.6 Å². The molecule has 0 aliphatic carbocycles. The Labute approximate surface area is 114 Å². The molecule has 0 fully saturated rings. The number of hydrogen-bond donors (Lipinski definition) is 1. The number of hydrogen-bond acceptors (Lipinski definition) is 3. The molecule has 0 bridgehead atoms. The molecule has 0 amide bonds. The minimum absolute atomic E-state index is 0.139. The quantitative estimate of drug-likeness (QED) is 0.874. The zero-order valence-corrected chi connectivity index (χ0v) is 10.4. The monoisotopic (exact) mass is 275 g/mol. The molecule has 0 aliphatic rings. The minimum Gasteiger partial charge on any atom is -0.487 e. The van der Waals surface area contributed by atoms with E-state index in [4.69, 9.17) is 9.84 Å². The number of pyridine rings is 1. The largest absolute Gasteiger partial charge is 0.487 e. The van der Waals surface area contributed by atoms with Crippen molar-refractivity contribution >= 4 is 0 Å². The Morgan fingerprint density at radius 1 is 1.20 bits per heavy atom. The van der Waals surface area contributed by atoms with Crippen LogP contribution in [-0.2, 0) is 6.61 Å². The van der Waals surface area contributed by atoms with E-state index in [0.29, 0.717) is 11.3 Å². The van der Waals surface area contributed by atoms with Crippen LogP contribution in [0, 0.1) is 23.5 Å². The van der Waals surface area contributed by atoms with Crippen LogP contribution in [0.5, 0.6) is 5.75 Å². The van der Waals surface area contributed by atoms with Gasteiger partial charge in [0, 0.05) is 11.8 Å². The number of aliphatic hydroxyl groups is 1. The Morgan fingerprint density at radius 2 is 1.95 bits per heavy atom. The van der Waals surface area contributed by atoms with Crippen LogP contribution in [0.2, 0.25) is 0 Å². The predicted octanol–water partition coefficient (Wildman–Crippen LogP) is 2.28. The van der Waals surface area contributed by atoms with Crippen LogP contribution in [-0.4, -0.2) is 16.7 Å². The van der Waals surface area contributed by atoms with Crippen molar-refractivity contribution in [3.63, 3.8) is 0 Å². The molecule has 0 atom stereocenters. The molecule has 5 heteroatoms. The lowest BCUT2D eigenvalue weighted by atomic mass is 10.2. The van der Waals surface area contributed by atoms with Gasteiger partial charge in [0.25, 0.3) is 0 Å². The summed E-state index contributed by atoms with van der Waals surface area (Å²) >= 11 is 0. The summed E-state index contributed by atoms with van der Waals surface area (Å²) < 4.78 is 32.1. The first-order chi connectivity index (χ1) is 9.70. The topological polar surface area (TPSA) is 42.4 Å². The number of aromatic nitrogens is 1. The molecule has 0 spiro atoms. The molecule has 0 saturated carbocycles. The smallest absolute Gasteiger partial charge is 0.139 e. The molecule has 0 radical (unpaired) electrons. The van der Waals surface area contributed by atoms with E-state index < -0.39 is 11.6 Å². The third-order valence-corrected chi connectivity index (χ3v) is 2.47. The summed E-state index contributed by atoms with van der Waals surface area (Å²) in [7, 11) is 0. The van der Waals surface area contributed by atoms with E-state index in [1.165, 1.54) is 30.6 Å². The van der Waals surface area contributed by atoms with Gasteiger partial charge in [0.15, 0.2) is 0 Å². The second-order valence-corrected chi connectivity index (χ2v) is 3.86. The maximum Gasteiger partial charge on any atom is 0.139 e. The summed E-state index contributed by atoms with van der Waals surface area (Å²) in [6.45, 7) is -0.497. The zero-order valence-electron chi connectivity index (χ0n) is 10.4. The average Bonchev–Trinajstić information content (AvgIpc) is 2.45. The van der Waals surface area contributed by atoms with E-state index in [9.17, 15) is 8.78 Å². The van der Waals surface area contributed by atoms with Gasteiger partial charge in [-0.15, -0.1) is 0 Å². The standard InChI is InChI=1S/C15H11F2NO2/c16-14-4-1-5-15(17)13(14)10-20-12-7-11(3-2-6-19)8-18-9-12/h1,4-5,7-9,19H,6,10H2. The molecule has 1 N–H and O–H groups in total. The first-order valence-electron chi connectivity index (χ1n) is 5.81. The lowest BCUT2D eigenvalue weighted by Crippen LogP contribution is -2.02. The molecular weight excluding hydrogens is 264 g/mol. The van der Waals surface area contributed by atoms with Gasteiger partial charge in [0.1, 0.15) is 30.6 Å². The summed E-state index contributed by atoms with van der Waals surface area (Å²) in [5, 5.41) is 8.60. The highest BCUT2D eigenvalue weighted by molar-refractivity contribution is 5.36. The second-order valence-electron chi connectivity index (χ2n) is 3.86. The molecular formula is C15H11F2NO2. The van der Waals surface area contributed by atoms with Crippen molar-refractivity contribution in [2.75, 3.05) is 6.61 Å². The van der Waals surface area contributed by atoms with Gasteiger partial charge in [-0.1, -0.05) is 17.9 Å². The molecule has 0 aliphatic heterocycles. The number of nitrogens with zero attached hydrogens (tertiary/aromatic N) is 1. The highest BCUT2D eigenvalue weighted by Crippen LogP contribution is 2.17. The molecule has 2 aromatic rings. The number of halogens is 2. The SMILES string of the molecule is OCC#Cc1cncc(OCc2c(F)cccc2F)c1. The van der Waals surface area contributed by atoms with E-state index in [0.717, 1.165) is 0 Å². The Hall–Kier alpha value is -2.45. The zero-order chi connectivity index (χ0) is 14.4. The normalized spacial score (nSPS) is 9.75. The Morgan fingerprint density at radius 3 is 2.65 bits per heavy atom. The number of benzene rings is 1. The highest BCUT2D eigenvalue weighted by atomic mass is 19.1. The van der Waals surface area contributed by atoms with E-state index in [-0.39, 0.29) is 18.8 Å². The average molecular weight is 275 g/mol. The Kier molecular flexibility index (Phi) is 4.64. The van der Waals surface area contributed by atoms with Gasteiger partial charge < -0.3 is 9.84 Å². The molecule has 1 heterocycles. The van der Waals surface area contributed by atoms with E-state index in [1.54, 1.807) is 6.07 Å². The van der Waals surface area contributed by atoms with E-state index in [1.807, 2.05) is 0 Å². The summed E-state index contributed by atoms with van der Waals surface area (Å²) in [6, 6.07) is 5.21. The first-order valence-corrected chi connectivity index (χ1v) is 5.81. The van der Waals surface area contributed by atoms with Gasteiger partial charge in [0.05, 0.1) is 11.8 Å². The van der Waals surface area contributed by atoms with Crippen LogP contribution in [0.15, 0.2) is 36.7 Å². The fourth-order valence-electron chi connectivity index (χ4n) is 1.53.